The van der Waals surface area contributed by atoms with E-state index in [0.717, 1.165) is 6.42 Å². The molecule has 0 saturated heterocycles. The first-order valence-corrected chi connectivity index (χ1v) is 5.90. The minimum atomic E-state index is -0.0157. The van der Waals surface area contributed by atoms with Crippen molar-refractivity contribution in [3.8, 4) is 0 Å². The van der Waals surface area contributed by atoms with Crippen LogP contribution in [0.15, 0.2) is 0 Å². The molecule has 82 valence electrons. The monoisotopic (exact) mass is 198 g/mol. The second-order valence-corrected chi connectivity index (χ2v) is 4.44. The predicted molar refractivity (Wildman–Crippen MR) is 57.0 cm³/mol. The molecule has 14 heavy (non-hydrogen) atoms. The molecule has 1 rings (SSSR count). The van der Waals surface area contributed by atoms with Crippen LogP contribution in [0.25, 0.3) is 0 Å². The standard InChI is InChI=1S/C12H22O2/c1-3-10(2)12(13)14-9-11-7-5-4-6-8-11/h10-11H,3-9H2,1-2H3. The zero-order chi connectivity index (χ0) is 10.4. The highest BCUT2D eigenvalue weighted by molar-refractivity contribution is 5.71. The zero-order valence-corrected chi connectivity index (χ0v) is 9.42. The van der Waals surface area contributed by atoms with E-state index < -0.39 is 0 Å². The smallest absolute Gasteiger partial charge is 0.308 e. The molecule has 1 saturated carbocycles. The molecular weight excluding hydrogens is 176 g/mol. The van der Waals surface area contributed by atoms with Crippen LogP contribution in [-0.4, -0.2) is 12.6 Å². The first-order valence-electron chi connectivity index (χ1n) is 5.90. The quantitative estimate of drug-likeness (QED) is 0.649. The fraction of sp³-hybridized carbons (Fsp3) is 0.917. The van der Waals surface area contributed by atoms with Gasteiger partial charge in [-0.2, -0.15) is 0 Å². The summed E-state index contributed by atoms with van der Waals surface area (Å²) in [6.45, 7) is 4.61. The highest BCUT2D eigenvalue weighted by Crippen LogP contribution is 2.23. The number of esters is 1. The average Bonchev–Trinajstić information content (AvgIpc) is 2.26. The second kappa shape index (κ2) is 6.05. The molecule has 0 amide bonds. The van der Waals surface area contributed by atoms with Crippen molar-refractivity contribution in [2.45, 2.75) is 52.4 Å². The maximum atomic E-state index is 11.4. The van der Waals surface area contributed by atoms with Gasteiger partial charge in [-0.1, -0.05) is 33.1 Å². The Hall–Kier alpha value is -0.530. The van der Waals surface area contributed by atoms with Gasteiger partial charge in [0.1, 0.15) is 0 Å². The first-order chi connectivity index (χ1) is 6.74. The van der Waals surface area contributed by atoms with Gasteiger partial charge in [-0.25, -0.2) is 0 Å². The minimum Gasteiger partial charge on any atom is -0.465 e. The number of carbonyl (C=O) groups is 1. The van der Waals surface area contributed by atoms with E-state index in [1.54, 1.807) is 0 Å². The third-order valence-electron chi connectivity index (χ3n) is 3.20. The molecule has 1 unspecified atom stereocenters. The number of ether oxygens (including phenoxy) is 1. The van der Waals surface area contributed by atoms with E-state index in [-0.39, 0.29) is 11.9 Å². The summed E-state index contributed by atoms with van der Waals surface area (Å²) in [7, 11) is 0. The lowest BCUT2D eigenvalue weighted by atomic mass is 9.90. The lowest BCUT2D eigenvalue weighted by molar-refractivity contribution is -0.149. The van der Waals surface area contributed by atoms with Crippen molar-refractivity contribution in [1.29, 1.82) is 0 Å². The third kappa shape index (κ3) is 3.69. The molecule has 0 aromatic carbocycles. The Morgan fingerprint density at radius 3 is 2.57 bits per heavy atom. The molecule has 0 aliphatic heterocycles. The van der Waals surface area contributed by atoms with Crippen LogP contribution >= 0.6 is 0 Å². The Bertz CT molecular complexity index is 171. The summed E-state index contributed by atoms with van der Waals surface area (Å²) in [6.07, 6.45) is 7.35. The largest absolute Gasteiger partial charge is 0.465 e. The second-order valence-electron chi connectivity index (χ2n) is 4.44. The lowest BCUT2D eigenvalue weighted by Gasteiger charge is -2.21. The summed E-state index contributed by atoms with van der Waals surface area (Å²) in [6, 6.07) is 0. The van der Waals surface area contributed by atoms with Crippen LogP contribution in [0, 0.1) is 11.8 Å². The van der Waals surface area contributed by atoms with E-state index in [0.29, 0.717) is 12.5 Å². The Balaban J connectivity index is 2.15. The van der Waals surface area contributed by atoms with Gasteiger partial charge in [0, 0.05) is 0 Å². The maximum Gasteiger partial charge on any atom is 0.308 e. The summed E-state index contributed by atoms with van der Waals surface area (Å²) in [5.41, 5.74) is 0. The van der Waals surface area contributed by atoms with Crippen molar-refractivity contribution < 1.29 is 9.53 Å². The highest BCUT2D eigenvalue weighted by Gasteiger charge is 2.17. The molecule has 0 radical (unpaired) electrons. The number of rotatable bonds is 4. The Morgan fingerprint density at radius 1 is 1.36 bits per heavy atom. The molecule has 0 bridgehead atoms. The van der Waals surface area contributed by atoms with Gasteiger partial charge >= 0.3 is 5.97 Å². The fourth-order valence-electron chi connectivity index (χ4n) is 1.86. The molecule has 1 atom stereocenters. The molecule has 1 aliphatic rings. The predicted octanol–water partition coefficient (Wildman–Crippen LogP) is 3.16. The summed E-state index contributed by atoms with van der Waals surface area (Å²) in [5, 5.41) is 0. The average molecular weight is 198 g/mol. The Morgan fingerprint density at radius 2 is 2.00 bits per heavy atom. The molecule has 1 aliphatic carbocycles. The van der Waals surface area contributed by atoms with Gasteiger partial charge in [-0.3, -0.25) is 4.79 Å². The third-order valence-corrected chi connectivity index (χ3v) is 3.20. The van der Waals surface area contributed by atoms with Crippen LogP contribution in [0.4, 0.5) is 0 Å². The summed E-state index contributed by atoms with van der Waals surface area (Å²) in [5.74, 6) is 0.688. The molecule has 0 heterocycles. The van der Waals surface area contributed by atoms with E-state index in [1.165, 1.54) is 32.1 Å². The summed E-state index contributed by atoms with van der Waals surface area (Å²) < 4.78 is 5.30. The normalized spacial score (nSPS) is 20.4. The highest BCUT2D eigenvalue weighted by atomic mass is 16.5. The van der Waals surface area contributed by atoms with Crippen LogP contribution in [0.2, 0.25) is 0 Å². The number of hydrogen-bond acceptors (Lipinski definition) is 2. The molecular formula is C12H22O2. The Labute approximate surface area is 87.0 Å². The molecule has 2 heteroatoms. The number of hydrogen-bond donors (Lipinski definition) is 0. The Kier molecular flexibility index (Phi) is 4.99. The van der Waals surface area contributed by atoms with Gasteiger partial charge in [-0.05, 0) is 25.2 Å². The SMILES string of the molecule is CCC(C)C(=O)OCC1CCCCC1. The molecule has 0 aromatic heterocycles. The van der Waals surface area contributed by atoms with Crippen molar-refractivity contribution in [3.05, 3.63) is 0 Å². The van der Waals surface area contributed by atoms with Crippen molar-refractivity contribution >= 4 is 5.97 Å². The van der Waals surface area contributed by atoms with Gasteiger partial charge in [0.25, 0.3) is 0 Å². The van der Waals surface area contributed by atoms with Crippen LogP contribution in [-0.2, 0) is 9.53 Å². The number of carbonyl (C=O) groups excluding carboxylic acids is 1. The van der Waals surface area contributed by atoms with Gasteiger partial charge in [0.15, 0.2) is 0 Å². The topological polar surface area (TPSA) is 26.3 Å². The van der Waals surface area contributed by atoms with Gasteiger partial charge in [-0.15, -0.1) is 0 Å². The van der Waals surface area contributed by atoms with E-state index in [2.05, 4.69) is 0 Å². The van der Waals surface area contributed by atoms with Crippen LogP contribution in [0.5, 0.6) is 0 Å². The summed E-state index contributed by atoms with van der Waals surface area (Å²) >= 11 is 0. The molecule has 2 nitrogen and oxygen atoms in total. The molecule has 1 fully saturated rings. The van der Waals surface area contributed by atoms with E-state index in [4.69, 9.17) is 4.74 Å². The van der Waals surface area contributed by atoms with Gasteiger partial charge in [0.05, 0.1) is 12.5 Å². The first kappa shape index (κ1) is 11.5. The minimum absolute atomic E-state index is 0.0157. The van der Waals surface area contributed by atoms with Gasteiger partial charge < -0.3 is 4.74 Å². The fourth-order valence-corrected chi connectivity index (χ4v) is 1.86. The van der Waals surface area contributed by atoms with Gasteiger partial charge in [0.2, 0.25) is 0 Å². The molecule has 0 spiro atoms. The maximum absolute atomic E-state index is 11.4. The van der Waals surface area contributed by atoms with Crippen LogP contribution in [0.1, 0.15) is 52.4 Å². The van der Waals surface area contributed by atoms with Crippen molar-refractivity contribution in [2.24, 2.45) is 11.8 Å². The molecule has 0 N–H and O–H groups in total. The van der Waals surface area contributed by atoms with E-state index >= 15 is 0 Å². The summed E-state index contributed by atoms with van der Waals surface area (Å²) in [4.78, 5) is 11.4. The van der Waals surface area contributed by atoms with Crippen molar-refractivity contribution in [2.75, 3.05) is 6.61 Å². The van der Waals surface area contributed by atoms with Crippen LogP contribution < -0.4 is 0 Å². The molecule has 0 aromatic rings. The zero-order valence-electron chi connectivity index (χ0n) is 9.42. The van der Waals surface area contributed by atoms with E-state index in [1.807, 2.05) is 13.8 Å². The van der Waals surface area contributed by atoms with E-state index in [9.17, 15) is 4.79 Å². The lowest BCUT2D eigenvalue weighted by Crippen LogP contribution is -2.20. The van der Waals surface area contributed by atoms with Crippen LogP contribution in [0.3, 0.4) is 0 Å². The van der Waals surface area contributed by atoms with Crippen molar-refractivity contribution in [1.82, 2.24) is 0 Å². The van der Waals surface area contributed by atoms with Crippen molar-refractivity contribution in [3.63, 3.8) is 0 Å².